The van der Waals surface area contributed by atoms with Crippen LogP contribution in [0.1, 0.15) is 18.4 Å². The molecule has 4 nitrogen and oxygen atoms in total. The molecule has 1 aromatic rings. The van der Waals surface area contributed by atoms with E-state index in [2.05, 4.69) is 0 Å². The second-order valence-corrected chi connectivity index (χ2v) is 6.73. The number of hydrogen-bond acceptors (Lipinski definition) is 4. The van der Waals surface area contributed by atoms with E-state index >= 15 is 0 Å². The zero-order valence-corrected chi connectivity index (χ0v) is 11.1. The summed E-state index contributed by atoms with van der Waals surface area (Å²) in [7, 11) is -3.51. The minimum absolute atomic E-state index is 0.114. The number of ether oxygens (including phenoxy) is 1. The van der Waals surface area contributed by atoms with Crippen molar-refractivity contribution in [2.75, 3.05) is 18.1 Å². The molecule has 1 aromatic carbocycles. The standard InChI is InChI=1S/C12H15F2NO3S/c13-10-4-3-8(11(14)12(10)15)6-19(16,17)7-9-2-1-5-18-9/h3-4,9H,1-2,5-7,15H2. The van der Waals surface area contributed by atoms with Crippen LogP contribution in [0.3, 0.4) is 0 Å². The predicted octanol–water partition coefficient (Wildman–Crippen LogP) is 1.64. The van der Waals surface area contributed by atoms with Gasteiger partial charge in [0.25, 0.3) is 0 Å². The quantitative estimate of drug-likeness (QED) is 0.856. The van der Waals surface area contributed by atoms with E-state index in [-0.39, 0.29) is 17.4 Å². The second kappa shape index (κ2) is 5.42. The summed E-state index contributed by atoms with van der Waals surface area (Å²) < 4.78 is 55.7. The smallest absolute Gasteiger partial charge is 0.157 e. The van der Waals surface area contributed by atoms with Crippen LogP contribution < -0.4 is 5.73 Å². The molecule has 0 bridgehead atoms. The van der Waals surface area contributed by atoms with Crippen LogP contribution in [0.2, 0.25) is 0 Å². The third-order valence-corrected chi connectivity index (χ3v) is 4.68. The molecule has 1 aliphatic rings. The molecule has 0 spiro atoms. The lowest BCUT2D eigenvalue weighted by atomic mass is 10.2. The fourth-order valence-electron chi connectivity index (χ4n) is 2.08. The molecule has 2 rings (SSSR count). The Hall–Kier alpha value is -1.21. The van der Waals surface area contributed by atoms with Crippen molar-refractivity contribution >= 4 is 15.5 Å². The Balaban J connectivity index is 2.13. The lowest BCUT2D eigenvalue weighted by Gasteiger charge is -2.11. The lowest BCUT2D eigenvalue weighted by Crippen LogP contribution is -2.22. The van der Waals surface area contributed by atoms with E-state index in [0.29, 0.717) is 13.0 Å². The van der Waals surface area contributed by atoms with Gasteiger partial charge >= 0.3 is 0 Å². The number of sulfone groups is 1. The maximum absolute atomic E-state index is 13.6. The summed E-state index contributed by atoms with van der Waals surface area (Å²) >= 11 is 0. The molecule has 0 radical (unpaired) electrons. The summed E-state index contributed by atoms with van der Waals surface area (Å²) in [4.78, 5) is 0. The molecule has 1 heterocycles. The van der Waals surface area contributed by atoms with E-state index in [0.717, 1.165) is 18.6 Å². The highest BCUT2D eigenvalue weighted by molar-refractivity contribution is 7.90. The highest BCUT2D eigenvalue weighted by atomic mass is 32.2. The number of nitrogen functional groups attached to an aromatic ring is 1. The molecule has 0 aromatic heterocycles. The Morgan fingerprint density at radius 3 is 2.74 bits per heavy atom. The molecular formula is C12H15F2NO3S. The van der Waals surface area contributed by atoms with Gasteiger partial charge in [-0.25, -0.2) is 17.2 Å². The molecular weight excluding hydrogens is 276 g/mol. The first-order chi connectivity index (χ1) is 8.89. The predicted molar refractivity (Wildman–Crippen MR) is 67.2 cm³/mol. The van der Waals surface area contributed by atoms with E-state index in [9.17, 15) is 17.2 Å². The Bertz CT molecular complexity index is 569. The summed E-state index contributed by atoms with van der Waals surface area (Å²) in [5.41, 5.74) is 4.43. The van der Waals surface area contributed by atoms with Crippen molar-refractivity contribution in [3.63, 3.8) is 0 Å². The molecule has 1 aliphatic heterocycles. The van der Waals surface area contributed by atoms with Crippen LogP contribution in [0, 0.1) is 11.6 Å². The van der Waals surface area contributed by atoms with Gasteiger partial charge in [-0.1, -0.05) is 6.07 Å². The molecule has 1 atom stereocenters. The van der Waals surface area contributed by atoms with Crippen LogP contribution in [-0.2, 0) is 20.3 Å². The first kappa shape index (κ1) is 14.2. The third kappa shape index (κ3) is 3.42. The van der Waals surface area contributed by atoms with E-state index in [1.54, 1.807) is 0 Å². The highest BCUT2D eigenvalue weighted by Crippen LogP contribution is 2.22. The molecule has 0 saturated carbocycles. The van der Waals surface area contributed by atoms with Gasteiger partial charge in [-0.15, -0.1) is 0 Å². The molecule has 2 N–H and O–H groups in total. The molecule has 1 saturated heterocycles. The number of nitrogens with two attached hydrogens (primary N) is 1. The topological polar surface area (TPSA) is 69.4 Å². The zero-order chi connectivity index (χ0) is 14.0. The van der Waals surface area contributed by atoms with Gasteiger partial charge < -0.3 is 10.5 Å². The van der Waals surface area contributed by atoms with E-state index in [4.69, 9.17) is 10.5 Å². The van der Waals surface area contributed by atoms with Crippen LogP contribution in [0.15, 0.2) is 12.1 Å². The van der Waals surface area contributed by atoms with Crippen molar-refractivity contribution < 1.29 is 21.9 Å². The van der Waals surface area contributed by atoms with Crippen molar-refractivity contribution in [2.24, 2.45) is 0 Å². The summed E-state index contributed by atoms with van der Waals surface area (Å²) in [6.45, 7) is 0.554. The SMILES string of the molecule is Nc1c(F)ccc(CS(=O)(=O)CC2CCCO2)c1F. The minimum atomic E-state index is -3.51. The minimum Gasteiger partial charge on any atom is -0.394 e. The van der Waals surface area contributed by atoms with Gasteiger partial charge in [0.2, 0.25) is 0 Å². The Kier molecular flexibility index (Phi) is 4.05. The maximum Gasteiger partial charge on any atom is 0.157 e. The van der Waals surface area contributed by atoms with Crippen molar-refractivity contribution in [1.82, 2.24) is 0 Å². The monoisotopic (exact) mass is 291 g/mol. The average Bonchev–Trinajstić information content (AvgIpc) is 2.82. The van der Waals surface area contributed by atoms with Crippen molar-refractivity contribution in [2.45, 2.75) is 24.7 Å². The molecule has 1 unspecified atom stereocenters. The average molecular weight is 291 g/mol. The maximum atomic E-state index is 13.6. The molecule has 106 valence electrons. The summed E-state index contributed by atoms with van der Waals surface area (Å²) in [5.74, 6) is -2.54. The second-order valence-electron chi connectivity index (χ2n) is 4.62. The highest BCUT2D eigenvalue weighted by Gasteiger charge is 2.25. The van der Waals surface area contributed by atoms with Gasteiger partial charge in [-0.3, -0.25) is 0 Å². The van der Waals surface area contributed by atoms with Gasteiger partial charge in [-0.2, -0.15) is 0 Å². The third-order valence-electron chi connectivity index (χ3n) is 3.05. The van der Waals surface area contributed by atoms with Crippen LogP contribution in [0.5, 0.6) is 0 Å². The van der Waals surface area contributed by atoms with Gasteiger partial charge in [0.05, 0.1) is 17.6 Å². The normalized spacial score (nSPS) is 19.8. The van der Waals surface area contributed by atoms with Crippen molar-refractivity contribution in [1.29, 1.82) is 0 Å². The summed E-state index contributed by atoms with van der Waals surface area (Å²) in [5, 5.41) is 0. The molecule has 19 heavy (non-hydrogen) atoms. The van der Waals surface area contributed by atoms with Crippen LogP contribution >= 0.6 is 0 Å². The van der Waals surface area contributed by atoms with Crippen LogP contribution in [-0.4, -0.2) is 26.9 Å². The lowest BCUT2D eigenvalue weighted by molar-refractivity contribution is 0.127. The number of hydrogen-bond donors (Lipinski definition) is 1. The van der Waals surface area contributed by atoms with Crippen LogP contribution in [0.25, 0.3) is 0 Å². The van der Waals surface area contributed by atoms with Crippen molar-refractivity contribution in [3.8, 4) is 0 Å². The number of benzene rings is 1. The number of halogens is 2. The van der Waals surface area contributed by atoms with E-state index in [1.807, 2.05) is 0 Å². The Morgan fingerprint density at radius 2 is 2.11 bits per heavy atom. The largest absolute Gasteiger partial charge is 0.394 e. The van der Waals surface area contributed by atoms with E-state index < -0.39 is 32.9 Å². The van der Waals surface area contributed by atoms with Crippen molar-refractivity contribution in [3.05, 3.63) is 29.3 Å². The fourth-order valence-corrected chi connectivity index (χ4v) is 3.72. The van der Waals surface area contributed by atoms with Gasteiger partial charge in [-0.05, 0) is 18.9 Å². The molecule has 7 heteroatoms. The fraction of sp³-hybridized carbons (Fsp3) is 0.500. The molecule has 0 aliphatic carbocycles. The first-order valence-corrected chi connectivity index (χ1v) is 7.75. The molecule has 1 fully saturated rings. The first-order valence-electron chi connectivity index (χ1n) is 5.93. The van der Waals surface area contributed by atoms with Gasteiger partial charge in [0.15, 0.2) is 15.7 Å². The number of rotatable bonds is 4. The number of anilines is 1. The summed E-state index contributed by atoms with van der Waals surface area (Å²) in [6.07, 6.45) is 1.19. The van der Waals surface area contributed by atoms with Gasteiger partial charge in [0, 0.05) is 12.2 Å². The Labute approximate surface area is 110 Å². The summed E-state index contributed by atoms with van der Waals surface area (Å²) in [6, 6.07) is 2.07. The Morgan fingerprint density at radius 1 is 1.37 bits per heavy atom. The van der Waals surface area contributed by atoms with E-state index in [1.165, 1.54) is 0 Å². The molecule has 0 amide bonds. The zero-order valence-electron chi connectivity index (χ0n) is 10.2. The van der Waals surface area contributed by atoms with Crippen LogP contribution in [0.4, 0.5) is 14.5 Å². The van der Waals surface area contributed by atoms with Gasteiger partial charge in [0.1, 0.15) is 11.5 Å².